The van der Waals surface area contributed by atoms with E-state index in [4.69, 9.17) is 11.6 Å². The van der Waals surface area contributed by atoms with Gasteiger partial charge in [0, 0.05) is 26.2 Å². The van der Waals surface area contributed by atoms with E-state index in [-0.39, 0.29) is 11.9 Å². The van der Waals surface area contributed by atoms with Crippen LogP contribution in [-0.2, 0) is 6.54 Å². The van der Waals surface area contributed by atoms with Crippen molar-refractivity contribution in [2.24, 2.45) is 0 Å². The molecule has 0 unspecified atom stereocenters. The summed E-state index contributed by atoms with van der Waals surface area (Å²) in [7, 11) is 1.83. The van der Waals surface area contributed by atoms with E-state index in [1.807, 2.05) is 20.9 Å². The van der Waals surface area contributed by atoms with Crippen LogP contribution in [0.1, 0.15) is 29.4 Å². The van der Waals surface area contributed by atoms with Crippen molar-refractivity contribution in [2.45, 2.75) is 32.9 Å². The molecule has 2 heterocycles. The third-order valence-electron chi connectivity index (χ3n) is 3.48. The molecular formula is C12H19ClN4O. The van der Waals surface area contributed by atoms with E-state index in [1.54, 1.807) is 9.58 Å². The van der Waals surface area contributed by atoms with Crippen molar-refractivity contribution in [3.63, 3.8) is 0 Å². The van der Waals surface area contributed by atoms with E-state index in [1.165, 1.54) is 0 Å². The summed E-state index contributed by atoms with van der Waals surface area (Å²) in [5, 5.41) is 7.98. The number of aryl methyl sites for hydroxylation is 2. The van der Waals surface area contributed by atoms with Gasteiger partial charge in [0.25, 0.3) is 5.91 Å². The summed E-state index contributed by atoms with van der Waals surface area (Å²) in [5.74, 6) is -0.0362. The van der Waals surface area contributed by atoms with Crippen LogP contribution in [0.5, 0.6) is 0 Å². The second-order valence-electron chi connectivity index (χ2n) is 4.63. The smallest absolute Gasteiger partial charge is 0.258 e. The largest absolute Gasteiger partial charge is 0.337 e. The highest BCUT2D eigenvalue weighted by Gasteiger charge is 2.28. The van der Waals surface area contributed by atoms with Crippen LogP contribution in [0.2, 0.25) is 5.15 Å². The van der Waals surface area contributed by atoms with Crippen molar-refractivity contribution in [1.82, 2.24) is 20.0 Å². The number of nitrogens with zero attached hydrogens (tertiary/aromatic N) is 3. The molecule has 1 saturated heterocycles. The van der Waals surface area contributed by atoms with Crippen LogP contribution < -0.4 is 5.32 Å². The summed E-state index contributed by atoms with van der Waals surface area (Å²) in [6.45, 7) is 6.26. The van der Waals surface area contributed by atoms with Gasteiger partial charge in [-0.3, -0.25) is 9.48 Å². The molecule has 0 spiro atoms. The Morgan fingerprint density at radius 3 is 2.89 bits per heavy atom. The molecule has 1 aliphatic rings. The first-order valence-corrected chi connectivity index (χ1v) is 6.64. The van der Waals surface area contributed by atoms with Gasteiger partial charge in [-0.25, -0.2) is 0 Å². The second-order valence-corrected chi connectivity index (χ2v) is 4.99. The predicted molar refractivity (Wildman–Crippen MR) is 71.0 cm³/mol. The Kier molecular flexibility index (Phi) is 3.92. The molecule has 6 heteroatoms. The lowest BCUT2D eigenvalue weighted by Gasteiger charge is -2.23. The first kappa shape index (κ1) is 13.4. The SMILES string of the molecule is CCn1nc(C)c(C(=O)N(C)[C@H]2CCNC2)c1Cl. The van der Waals surface area contributed by atoms with Gasteiger partial charge in [-0.05, 0) is 26.8 Å². The second kappa shape index (κ2) is 5.28. The number of halogens is 1. The molecule has 0 aliphatic carbocycles. The minimum Gasteiger partial charge on any atom is -0.337 e. The Morgan fingerprint density at radius 1 is 1.67 bits per heavy atom. The number of aromatic nitrogens is 2. The number of carbonyl (C=O) groups is 1. The highest BCUT2D eigenvalue weighted by Crippen LogP contribution is 2.22. The van der Waals surface area contributed by atoms with E-state index in [0.717, 1.165) is 19.5 Å². The van der Waals surface area contributed by atoms with Gasteiger partial charge in [-0.2, -0.15) is 5.10 Å². The molecule has 1 aromatic rings. The summed E-state index contributed by atoms with van der Waals surface area (Å²) in [4.78, 5) is 14.2. The van der Waals surface area contributed by atoms with Crippen LogP contribution in [-0.4, -0.2) is 46.8 Å². The zero-order chi connectivity index (χ0) is 13.3. The fourth-order valence-corrected chi connectivity index (χ4v) is 2.69. The van der Waals surface area contributed by atoms with Gasteiger partial charge in [-0.15, -0.1) is 0 Å². The van der Waals surface area contributed by atoms with Crippen molar-refractivity contribution in [3.05, 3.63) is 16.4 Å². The number of hydrogen-bond donors (Lipinski definition) is 1. The maximum Gasteiger partial charge on any atom is 0.258 e. The van der Waals surface area contributed by atoms with Gasteiger partial charge in [-0.1, -0.05) is 11.6 Å². The molecule has 1 atom stereocenters. The lowest BCUT2D eigenvalue weighted by molar-refractivity contribution is 0.0743. The number of amides is 1. The molecule has 1 amide bonds. The van der Waals surface area contributed by atoms with Crippen molar-refractivity contribution >= 4 is 17.5 Å². The molecule has 1 N–H and O–H groups in total. The number of carbonyl (C=O) groups excluding carboxylic acids is 1. The molecular weight excluding hydrogens is 252 g/mol. The Hall–Kier alpha value is -1.07. The molecule has 2 rings (SSSR count). The van der Waals surface area contributed by atoms with Crippen molar-refractivity contribution in [1.29, 1.82) is 0 Å². The fraction of sp³-hybridized carbons (Fsp3) is 0.667. The van der Waals surface area contributed by atoms with Gasteiger partial charge in [0.15, 0.2) is 0 Å². The van der Waals surface area contributed by atoms with Crippen LogP contribution in [0, 0.1) is 6.92 Å². The van der Waals surface area contributed by atoms with E-state index < -0.39 is 0 Å². The summed E-state index contributed by atoms with van der Waals surface area (Å²) in [6.07, 6.45) is 0.987. The van der Waals surface area contributed by atoms with Crippen molar-refractivity contribution in [2.75, 3.05) is 20.1 Å². The molecule has 0 aromatic carbocycles. The highest BCUT2D eigenvalue weighted by atomic mass is 35.5. The van der Waals surface area contributed by atoms with Crippen molar-refractivity contribution < 1.29 is 4.79 Å². The van der Waals surface area contributed by atoms with Crippen LogP contribution in [0.15, 0.2) is 0 Å². The third-order valence-corrected chi connectivity index (χ3v) is 3.87. The predicted octanol–water partition coefficient (Wildman–Crippen LogP) is 1.30. The zero-order valence-electron chi connectivity index (χ0n) is 11.0. The summed E-state index contributed by atoms with van der Waals surface area (Å²) < 4.78 is 1.66. The first-order valence-electron chi connectivity index (χ1n) is 6.27. The maximum atomic E-state index is 12.5. The van der Waals surface area contributed by atoms with Gasteiger partial charge in [0.2, 0.25) is 0 Å². The number of rotatable bonds is 3. The van der Waals surface area contributed by atoms with Gasteiger partial charge < -0.3 is 10.2 Å². The quantitative estimate of drug-likeness (QED) is 0.901. The highest BCUT2D eigenvalue weighted by molar-refractivity contribution is 6.33. The van der Waals surface area contributed by atoms with E-state index in [0.29, 0.717) is 23.0 Å². The summed E-state index contributed by atoms with van der Waals surface area (Å²) in [5.41, 5.74) is 1.23. The van der Waals surface area contributed by atoms with E-state index in [9.17, 15) is 4.79 Å². The van der Waals surface area contributed by atoms with Crippen LogP contribution in [0.3, 0.4) is 0 Å². The fourth-order valence-electron chi connectivity index (χ4n) is 2.32. The molecule has 0 saturated carbocycles. The normalized spacial score (nSPS) is 19.2. The topological polar surface area (TPSA) is 50.2 Å². The lowest BCUT2D eigenvalue weighted by atomic mass is 10.2. The van der Waals surface area contributed by atoms with Gasteiger partial charge in [0.1, 0.15) is 5.15 Å². The molecule has 100 valence electrons. The maximum absolute atomic E-state index is 12.5. The molecule has 0 radical (unpaired) electrons. The Balaban J connectivity index is 2.25. The Morgan fingerprint density at radius 2 is 2.39 bits per heavy atom. The third kappa shape index (κ3) is 2.24. The van der Waals surface area contributed by atoms with E-state index in [2.05, 4.69) is 10.4 Å². The summed E-state index contributed by atoms with van der Waals surface area (Å²) in [6, 6.07) is 0.248. The van der Waals surface area contributed by atoms with Crippen LogP contribution in [0.25, 0.3) is 0 Å². The van der Waals surface area contributed by atoms with E-state index >= 15 is 0 Å². The van der Waals surface area contributed by atoms with Crippen molar-refractivity contribution in [3.8, 4) is 0 Å². The van der Waals surface area contributed by atoms with Gasteiger partial charge in [0.05, 0.1) is 11.3 Å². The molecule has 1 fully saturated rings. The van der Waals surface area contributed by atoms with Gasteiger partial charge >= 0.3 is 0 Å². The Labute approximate surface area is 112 Å². The molecule has 1 aliphatic heterocycles. The molecule has 0 bridgehead atoms. The lowest BCUT2D eigenvalue weighted by Crippen LogP contribution is -2.38. The average molecular weight is 271 g/mol. The van der Waals surface area contributed by atoms with Crippen LogP contribution in [0.4, 0.5) is 0 Å². The molecule has 5 nitrogen and oxygen atoms in total. The molecule has 18 heavy (non-hydrogen) atoms. The zero-order valence-corrected chi connectivity index (χ0v) is 11.8. The monoisotopic (exact) mass is 270 g/mol. The number of likely N-dealkylation sites (N-methyl/N-ethyl adjacent to an activating group) is 1. The van der Waals surface area contributed by atoms with Crippen LogP contribution >= 0.6 is 11.6 Å². The minimum absolute atomic E-state index is 0.0362. The minimum atomic E-state index is -0.0362. The number of hydrogen-bond acceptors (Lipinski definition) is 3. The summed E-state index contributed by atoms with van der Waals surface area (Å²) >= 11 is 6.21. The number of nitrogens with one attached hydrogen (secondary N) is 1. The standard InChI is InChI=1S/C12H19ClN4O/c1-4-17-11(13)10(8(2)15-17)12(18)16(3)9-5-6-14-7-9/h9,14H,4-7H2,1-3H3/t9-/m0/s1. The first-order chi connectivity index (χ1) is 8.56. The Bertz CT molecular complexity index is 451. The average Bonchev–Trinajstić information content (AvgIpc) is 2.96. The molecule has 1 aromatic heterocycles.